The van der Waals surface area contributed by atoms with E-state index >= 15 is 0 Å². The number of aromatic nitrogens is 1. The Kier molecular flexibility index (Phi) is 3.67. The van der Waals surface area contributed by atoms with Crippen LogP contribution in [0.2, 0.25) is 0 Å². The molecule has 94 valence electrons. The van der Waals surface area contributed by atoms with Crippen LogP contribution < -0.4 is 15.4 Å². The molecule has 4 heteroatoms. The smallest absolute Gasteiger partial charge is 0.218 e. The Morgan fingerprint density at radius 2 is 1.94 bits per heavy atom. The van der Waals surface area contributed by atoms with Crippen molar-refractivity contribution in [3.05, 3.63) is 48.2 Å². The molecule has 2 rings (SSSR count). The van der Waals surface area contributed by atoms with Crippen LogP contribution in [-0.4, -0.2) is 19.1 Å². The van der Waals surface area contributed by atoms with Crippen LogP contribution in [0.3, 0.4) is 0 Å². The van der Waals surface area contributed by atoms with Gasteiger partial charge < -0.3 is 15.4 Å². The zero-order valence-electron chi connectivity index (χ0n) is 10.6. The largest absolute Gasteiger partial charge is 0.481 e. The van der Waals surface area contributed by atoms with E-state index in [0.29, 0.717) is 5.88 Å². The highest BCUT2D eigenvalue weighted by Gasteiger charge is 2.07. The van der Waals surface area contributed by atoms with E-state index in [2.05, 4.69) is 9.88 Å². The number of rotatable bonds is 4. The SMILES string of the molecule is COc1ncccc1CN(C)c1ccc(N)cc1. The molecule has 0 atom stereocenters. The van der Waals surface area contributed by atoms with E-state index < -0.39 is 0 Å². The first kappa shape index (κ1) is 12.2. The van der Waals surface area contributed by atoms with E-state index in [1.54, 1.807) is 13.3 Å². The predicted octanol–water partition coefficient (Wildman–Crippen LogP) is 2.31. The normalized spacial score (nSPS) is 10.1. The Labute approximate surface area is 107 Å². The lowest BCUT2D eigenvalue weighted by atomic mass is 10.2. The van der Waals surface area contributed by atoms with Gasteiger partial charge >= 0.3 is 0 Å². The molecule has 0 saturated carbocycles. The van der Waals surface area contributed by atoms with Crippen molar-refractivity contribution in [1.82, 2.24) is 4.98 Å². The second-order valence-electron chi connectivity index (χ2n) is 4.12. The topological polar surface area (TPSA) is 51.4 Å². The summed E-state index contributed by atoms with van der Waals surface area (Å²) in [6.45, 7) is 0.737. The fourth-order valence-electron chi connectivity index (χ4n) is 1.80. The molecule has 4 nitrogen and oxygen atoms in total. The Morgan fingerprint density at radius 3 is 2.61 bits per heavy atom. The molecule has 2 aromatic rings. The van der Waals surface area contributed by atoms with Crippen LogP contribution in [0, 0.1) is 0 Å². The summed E-state index contributed by atoms with van der Waals surface area (Å²) in [5, 5.41) is 0. The number of hydrogen-bond acceptors (Lipinski definition) is 4. The maximum atomic E-state index is 5.68. The third-order valence-electron chi connectivity index (χ3n) is 2.78. The van der Waals surface area contributed by atoms with Crippen LogP contribution >= 0.6 is 0 Å². The van der Waals surface area contributed by atoms with Crippen LogP contribution in [-0.2, 0) is 6.54 Å². The molecule has 0 unspecified atom stereocenters. The van der Waals surface area contributed by atoms with Gasteiger partial charge in [-0.2, -0.15) is 0 Å². The lowest BCUT2D eigenvalue weighted by Crippen LogP contribution is -2.17. The van der Waals surface area contributed by atoms with Gasteiger partial charge in [0, 0.05) is 36.7 Å². The van der Waals surface area contributed by atoms with Crippen LogP contribution in [0.1, 0.15) is 5.56 Å². The maximum Gasteiger partial charge on any atom is 0.218 e. The standard InChI is InChI=1S/C14H17N3O/c1-17(13-7-5-12(15)6-8-13)10-11-4-3-9-16-14(11)18-2/h3-9H,10,15H2,1-2H3. The fourth-order valence-corrected chi connectivity index (χ4v) is 1.80. The molecule has 0 amide bonds. The van der Waals surface area contributed by atoms with Crippen molar-refractivity contribution in [3.8, 4) is 5.88 Å². The van der Waals surface area contributed by atoms with Crippen LogP contribution in [0.25, 0.3) is 0 Å². The number of nitrogens with zero attached hydrogens (tertiary/aromatic N) is 2. The second kappa shape index (κ2) is 5.40. The van der Waals surface area contributed by atoms with Gasteiger partial charge in [-0.25, -0.2) is 4.98 Å². The molecule has 0 spiro atoms. The molecular formula is C14H17N3O. The van der Waals surface area contributed by atoms with Gasteiger partial charge in [-0.05, 0) is 30.3 Å². The summed E-state index contributed by atoms with van der Waals surface area (Å²) in [5.74, 6) is 0.666. The summed E-state index contributed by atoms with van der Waals surface area (Å²) in [6.07, 6.45) is 1.73. The van der Waals surface area contributed by atoms with E-state index in [1.807, 2.05) is 43.4 Å². The minimum Gasteiger partial charge on any atom is -0.481 e. The van der Waals surface area contributed by atoms with Crippen molar-refractivity contribution in [1.29, 1.82) is 0 Å². The summed E-state index contributed by atoms with van der Waals surface area (Å²) in [6, 6.07) is 11.7. The number of nitrogen functional groups attached to an aromatic ring is 1. The Hall–Kier alpha value is -2.23. The number of anilines is 2. The Bertz CT molecular complexity index is 511. The number of benzene rings is 1. The summed E-state index contributed by atoms with van der Waals surface area (Å²) >= 11 is 0. The van der Waals surface area contributed by atoms with E-state index in [1.165, 1.54) is 0 Å². The minimum absolute atomic E-state index is 0.666. The number of pyridine rings is 1. The molecule has 0 aliphatic heterocycles. The predicted molar refractivity (Wildman–Crippen MR) is 73.8 cm³/mol. The first-order chi connectivity index (χ1) is 8.70. The second-order valence-corrected chi connectivity index (χ2v) is 4.12. The average molecular weight is 243 g/mol. The van der Waals surface area contributed by atoms with Crippen molar-refractivity contribution in [2.45, 2.75) is 6.54 Å². The van der Waals surface area contributed by atoms with E-state index in [0.717, 1.165) is 23.5 Å². The number of methoxy groups -OCH3 is 1. The molecule has 0 fully saturated rings. The van der Waals surface area contributed by atoms with Crippen LogP contribution in [0.5, 0.6) is 5.88 Å². The molecule has 0 aliphatic rings. The maximum absolute atomic E-state index is 5.68. The summed E-state index contributed by atoms with van der Waals surface area (Å²) in [4.78, 5) is 6.31. The number of ether oxygens (including phenoxy) is 1. The monoisotopic (exact) mass is 243 g/mol. The Balaban J connectivity index is 2.15. The molecule has 0 radical (unpaired) electrons. The van der Waals surface area contributed by atoms with Gasteiger partial charge in [0.15, 0.2) is 0 Å². The number of hydrogen-bond donors (Lipinski definition) is 1. The van der Waals surface area contributed by atoms with Crippen molar-refractivity contribution in [3.63, 3.8) is 0 Å². The first-order valence-corrected chi connectivity index (χ1v) is 5.75. The number of nitrogens with two attached hydrogens (primary N) is 1. The van der Waals surface area contributed by atoms with Gasteiger partial charge in [-0.1, -0.05) is 6.07 Å². The molecule has 18 heavy (non-hydrogen) atoms. The van der Waals surface area contributed by atoms with E-state index in [-0.39, 0.29) is 0 Å². The van der Waals surface area contributed by atoms with Crippen LogP contribution in [0.15, 0.2) is 42.6 Å². The van der Waals surface area contributed by atoms with Gasteiger partial charge in [-0.3, -0.25) is 0 Å². The highest BCUT2D eigenvalue weighted by molar-refractivity contribution is 5.53. The lowest BCUT2D eigenvalue weighted by Gasteiger charge is -2.20. The van der Waals surface area contributed by atoms with Crippen molar-refractivity contribution in [2.24, 2.45) is 0 Å². The quantitative estimate of drug-likeness (QED) is 0.837. The lowest BCUT2D eigenvalue weighted by molar-refractivity contribution is 0.392. The first-order valence-electron chi connectivity index (χ1n) is 5.75. The van der Waals surface area contributed by atoms with Crippen molar-refractivity contribution >= 4 is 11.4 Å². The zero-order valence-corrected chi connectivity index (χ0v) is 10.6. The molecule has 0 saturated heterocycles. The molecule has 2 N–H and O–H groups in total. The van der Waals surface area contributed by atoms with Gasteiger partial charge in [0.1, 0.15) is 0 Å². The molecule has 1 aromatic carbocycles. The molecular weight excluding hydrogens is 226 g/mol. The van der Waals surface area contributed by atoms with Gasteiger partial charge in [0.2, 0.25) is 5.88 Å². The minimum atomic E-state index is 0.666. The van der Waals surface area contributed by atoms with Crippen LogP contribution in [0.4, 0.5) is 11.4 Å². The summed E-state index contributed by atoms with van der Waals surface area (Å²) in [5.41, 5.74) is 8.61. The molecule has 0 bridgehead atoms. The molecule has 1 aromatic heterocycles. The molecule has 0 aliphatic carbocycles. The Morgan fingerprint density at radius 1 is 1.22 bits per heavy atom. The highest BCUT2D eigenvalue weighted by Crippen LogP contribution is 2.20. The van der Waals surface area contributed by atoms with Crippen molar-refractivity contribution in [2.75, 3.05) is 24.8 Å². The van der Waals surface area contributed by atoms with Gasteiger partial charge in [0.05, 0.1) is 7.11 Å². The third kappa shape index (κ3) is 2.71. The fraction of sp³-hybridized carbons (Fsp3) is 0.214. The molecule has 1 heterocycles. The summed E-state index contributed by atoms with van der Waals surface area (Å²) in [7, 11) is 3.66. The zero-order chi connectivity index (χ0) is 13.0. The van der Waals surface area contributed by atoms with Gasteiger partial charge in [-0.15, -0.1) is 0 Å². The van der Waals surface area contributed by atoms with Crippen molar-refractivity contribution < 1.29 is 4.74 Å². The average Bonchev–Trinajstić information content (AvgIpc) is 2.40. The third-order valence-corrected chi connectivity index (χ3v) is 2.78. The highest BCUT2D eigenvalue weighted by atomic mass is 16.5. The van der Waals surface area contributed by atoms with E-state index in [9.17, 15) is 0 Å². The van der Waals surface area contributed by atoms with E-state index in [4.69, 9.17) is 10.5 Å². The van der Waals surface area contributed by atoms with Gasteiger partial charge in [0.25, 0.3) is 0 Å². The summed E-state index contributed by atoms with van der Waals surface area (Å²) < 4.78 is 5.24.